The Labute approximate surface area is 155 Å². The van der Waals surface area contributed by atoms with E-state index >= 15 is 0 Å². The summed E-state index contributed by atoms with van der Waals surface area (Å²) in [6, 6.07) is 4.31. The smallest absolute Gasteiger partial charge is 0.173 e. The lowest BCUT2D eigenvalue weighted by atomic mass is 9.60. The summed E-state index contributed by atoms with van der Waals surface area (Å²) in [5.41, 5.74) is 4.49. The third-order valence-electron chi connectivity index (χ3n) is 6.78. The van der Waals surface area contributed by atoms with Crippen LogP contribution in [0.1, 0.15) is 48.9 Å². The number of fused-ring (bicyclic) bond motifs is 1. The first-order valence-corrected chi connectivity index (χ1v) is 9.82. The number of ether oxygens (including phenoxy) is 1. The van der Waals surface area contributed by atoms with Gasteiger partial charge in [-0.25, -0.2) is 0 Å². The number of methoxy groups -OCH3 is 1. The van der Waals surface area contributed by atoms with Crippen molar-refractivity contribution in [2.24, 2.45) is 17.8 Å². The van der Waals surface area contributed by atoms with Gasteiger partial charge < -0.3 is 9.84 Å². The highest BCUT2D eigenvalue weighted by Gasteiger charge is 2.60. The van der Waals surface area contributed by atoms with Crippen LogP contribution in [0.2, 0.25) is 0 Å². The number of aryl methyl sites for hydroxylation is 3. The molecule has 0 aromatic heterocycles. The molecule has 0 heterocycles. The van der Waals surface area contributed by atoms with E-state index in [1.54, 1.807) is 7.11 Å². The summed E-state index contributed by atoms with van der Waals surface area (Å²) in [5.74, 6) is 0.174. The summed E-state index contributed by atoms with van der Waals surface area (Å²) in [6.07, 6.45) is 7.74. The van der Waals surface area contributed by atoms with E-state index in [0.29, 0.717) is 11.3 Å². The van der Waals surface area contributed by atoms with Crippen molar-refractivity contribution in [3.63, 3.8) is 0 Å². The summed E-state index contributed by atoms with van der Waals surface area (Å²) < 4.78 is 5.87. The zero-order valence-corrected chi connectivity index (χ0v) is 16.1. The van der Waals surface area contributed by atoms with Gasteiger partial charge >= 0.3 is 0 Å². The number of benzene rings is 1. The molecule has 0 radical (unpaired) electrons. The molecule has 1 aromatic carbocycles. The van der Waals surface area contributed by atoms with Gasteiger partial charge in [-0.3, -0.25) is 4.79 Å². The Morgan fingerprint density at radius 1 is 1.23 bits per heavy atom. The van der Waals surface area contributed by atoms with Gasteiger partial charge in [0.15, 0.2) is 5.78 Å². The fourth-order valence-corrected chi connectivity index (χ4v) is 5.53. The van der Waals surface area contributed by atoms with E-state index in [2.05, 4.69) is 45.1 Å². The molecule has 3 nitrogen and oxygen atoms in total. The standard InChI is InChI=1S/C23H28O3/c1-5-14-11-13(3)12-15(6-2)17(14)19-21(24)18-16-7-9-23(26-4,10-8-16)20(18)22(19)25/h7,9,11-12,16,18,20,24H,5-6,8,10H2,1-4H3/t16-,18-,20+,23-/m0/s1. The molecule has 138 valence electrons. The van der Waals surface area contributed by atoms with E-state index < -0.39 is 5.60 Å². The molecule has 26 heavy (non-hydrogen) atoms. The van der Waals surface area contributed by atoms with Crippen molar-refractivity contribution in [1.29, 1.82) is 0 Å². The summed E-state index contributed by atoms with van der Waals surface area (Å²) in [7, 11) is 1.69. The normalized spacial score (nSPS) is 32.5. The molecule has 4 aliphatic rings. The van der Waals surface area contributed by atoms with Gasteiger partial charge in [0.25, 0.3) is 0 Å². The van der Waals surface area contributed by atoms with Crippen molar-refractivity contribution in [1.82, 2.24) is 0 Å². The van der Waals surface area contributed by atoms with Gasteiger partial charge in [-0.15, -0.1) is 0 Å². The molecule has 0 amide bonds. The molecule has 3 heteroatoms. The number of hydrogen-bond acceptors (Lipinski definition) is 3. The highest BCUT2D eigenvalue weighted by Crippen LogP contribution is 2.57. The van der Waals surface area contributed by atoms with Gasteiger partial charge in [0.1, 0.15) is 5.76 Å². The fourth-order valence-electron chi connectivity index (χ4n) is 5.53. The number of carbonyl (C=O) groups excluding carboxylic acids is 1. The Balaban J connectivity index is 1.92. The fraction of sp³-hybridized carbons (Fsp3) is 0.522. The lowest BCUT2D eigenvalue weighted by Gasteiger charge is -2.48. The number of ketones is 1. The molecule has 0 spiro atoms. The molecule has 4 aliphatic carbocycles. The molecule has 1 aromatic rings. The Morgan fingerprint density at radius 2 is 1.88 bits per heavy atom. The Bertz CT molecular complexity index is 807. The van der Waals surface area contributed by atoms with E-state index in [-0.39, 0.29) is 23.5 Å². The number of allylic oxidation sites excluding steroid dienone is 3. The molecule has 1 N–H and O–H groups in total. The summed E-state index contributed by atoms with van der Waals surface area (Å²) in [6.45, 7) is 6.32. The highest BCUT2D eigenvalue weighted by atomic mass is 16.5. The molecule has 2 bridgehead atoms. The van der Waals surface area contributed by atoms with Gasteiger partial charge in [-0.05, 0) is 55.2 Å². The van der Waals surface area contributed by atoms with Crippen molar-refractivity contribution in [2.75, 3.05) is 7.11 Å². The van der Waals surface area contributed by atoms with Gasteiger partial charge in [0, 0.05) is 13.0 Å². The second-order valence-electron chi connectivity index (χ2n) is 8.01. The van der Waals surface area contributed by atoms with Gasteiger partial charge in [0.2, 0.25) is 0 Å². The predicted octanol–water partition coefficient (Wildman–Crippen LogP) is 4.57. The highest BCUT2D eigenvalue weighted by molar-refractivity contribution is 6.26. The second-order valence-corrected chi connectivity index (χ2v) is 8.01. The second kappa shape index (κ2) is 6.09. The maximum absolute atomic E-state index is 13.6. The van der Waals surface area contributed by atoms with Crippen LogP contribution in [-0.4, -0.2) is 23.6 Å². The first-order valence-electron chi connectivity index (χ1n) is 9.82. The van der Waals surface area contributed by atoms with Crippen LogP contribution in [0.5, 0.6) is 0 Å². The minimum atomic E-state index is -0.560. The molecular formula is C23H28O3. The van der Waals surface area contributed by atoms with E-state index in [9.17, 15) is 9.90 Å². The Morgan fingerprint density at radius 3 is 2.38 bits per heavy atom. The topological polar surface area (TPSA) is 46.5 Å². The maximum Gasteiger partial charge on any atom is 0.173 e. The van der Waals surface area contributed by atoms with Crippen LogP contribution in [0, 0.1) is 24.7 Å². The van der Waals surface area contributed by atoms with Crippen LogP contribution >= 0.6 is 0 Å². The van der Waals surface area contributed by atoms with Crippen molar-refractivity contribution in [3.05, 3.63) is 52.3 Å². The first kappa shape index (κ1) is 17.5. The molecule has 1 fully saturated rings. The van der Waals surface area contributed by atoms with Crippen molar-refractivity contribution >= 4 is 11.4 Å². The average molecular weight is 352 g/mol. The Hall–Kier alpha value is -1.87. The minimum absolute atomic E-state index is 0.0663. The Kier molecular flexibility index (Phi) is 4.11. The molecular weight excluding hydrogens is 324 g/mol. The number of rotatable bonds is 4. The molecule has 0 saturated heterocycles. The number of aliphatic hydroxyl groups excluding tert-OH is 1. The third kappa shape index (κ3) is 2.19. The van der Waals surface area contributed by atoms with Crippen molar-refractivity contribution in [3.8, 4) is 0 Å². The van der Waals surface area contributed by atoms with Gasteiger partial charge in [-0.2, -0.15) is 0 Å². The summed E-state index contributed by atoms with van der Waals surface area (Å²) in [4.78, 5) is 13.6. The zero-order chi connectivity index (χ0) is 18.6. The molecule has 0 unspecified atom stereocenters. The number of Topliss-reactive ketones (excluding diaryl/α,β-unsaturated/α-hetero) is 1. The van der Waals surface area contributed by atoms with E-state index in [1.165, 1.54) is 5.56 Å². The lowest BCUT2D eigenvalue weighted by Crippen LogP contribution is -2.52. The third-order valence-corrected chi connectivity index (χ3v) is 6.78. The number of aliphatic hydroxyl groups is 1. The van der Waals surface area contributed by atoms with E-state index in [1.807, 2.05) is 0 Å². The number of hydrogen-bond donors (Lipinski definition) is 1. The zero-order valence-electron chi connectivity index (χ0n) is 16.1. The van der Waals surface area contributed by atoms with Crippen LogP contribution < -0.4 is 0 Å². The van der Waals surface area contributed by atoms with Crippen LogP contribution in [0.15, 0.2) is 30.0 Å². The van der Waals surface area contributed by atoms with Gasteiger partial charge in [-0.1, -0.05) is 43.7 Å². The molecule has 1 saturated carbocycles. The summed E-state index contributed by atoms with van der Waals surface area (Å²) in [5, 5.41) is 11.2. The van der Waals surface area contributed by atoms with E-state index in [0.717, 1.165) is 42.4 Å². The lowest BCUT2D eigenvalue weighted by molar-refractivity contribution is -0.135. The van der Waals surface area contributed by atoms with Gasteiger partial charge in [0.05, 0.1) is 17.1 Å². The van der Waals surface area contributed by atoms with Crippen LogP contribution in [0.4, 0.5) is 0 Å². The quantitative estimate of drug-likeness (QED) is 0.808. The van der Waals surface area contributed by atoms with Crippen LogP contribution in [0.3, 0.4) is 0 Å². The molecule has 5 rings (SSSR count). The first-order chi connectivity index (χ1) is 12.5. The molecule has 4 atom stereocenters. The largest absolute Gasteiger partial charge is 0.511 e. The van der Waals surface area contributed by atoms with Crippen molar-refractivity contribution < 1.29 is 14.6 Å². The minimum Gasteiger partial charge on any atom is -0.511 e. The maximum atomic E-state index is 13.6. The average Bonchev–Trinajstić information content (AvgIpc) is 2.95. The predicted molar refractivity (Wildman–Crippen MR) is 103 cm³/mol. The van der Waals surface area contributed by atoms with Crippen LogP contribution in [0.25, 0.3) is 5.57 Å². The van der Waals surface area contributed by atoms with Crippen LogP contribution in [-0.2, 0) is 22.4 Å². The monoisotopic (exact) mass is 352 g/mol. The number of carbonyl (C=O) groups is 1. The summed E-state index contributed by atoms with van der Waals surface area (Å²) >= 11 is 0. The SMILES string of the molecule is CCc1cc(C)cc(CC)c1C1=C(O)[C@H]2[C@H]3C=C[C@](OC)(CC3)[C@H]2C1=O. The van der Waals surface area contributed by atoms with E-state index in [4.69, 9.17) is 4.74 Å². The molecule has 0 aliphatic heterocycles. The van der Waals surface area contributed by atoms with Crippen molar-refractivity contribution in [2.45, 2.75) is 52.1 Å².